The van der Waals surface area contributed by atoms with Crippen molar-refractivity contribution < 1.29 is 4.79 Å². The van der Waals surface area contributed by atoms with Gasteiger partial charge in [-0.25, -0.2) is 4.98 Å². The van der Waals surface area contributed by atoms with Gasteiger partial charge in [0.25, 0.3) is 0 Å². The number of benzene rings is 1. The summed E-state index contributed by atoms with van der Waals surface area (Å²) >= 11 is 1.52. The van der Waals surface area contributed by atoms with E-state index in [2.05, 4.69) is 10.3 Å². The van der Waals surface area contributed by atoms with Crippen LogP contribution in [0, 0.1) is 0 Å². The van der Waals surface area contributed by atoms with Crippen LogP contribution in [-0.4, -0.2) is 23.2 Å². The third-order valence-corrected chi connectivity index (χ3v) is 4.35. The third kappa shape index (κ3) is 3.62. The fraction of sp³-hybridized carbons (Fsp3) is 0.250. The van der Waals surface area contributed by atoms with Crippen LogP contribution in [0.2, 0.25) is 0 Å². The number of hydrogen-bond donors (Lipinski definition) is 2. The van der Waals surface area contributed by atoms with Gasteiger partial charge in [0.2, 0.25) is 5.91 Å². The van der Waals surface area contributed by atoms with Gasteiger partial charge in [0, 0.05) is 11.9 Å². The molecule has 0 aliphatic heterocycles. The Hall–Kier alpha value is -1.85. The summed E-state index contributed by atoms with van der Waals surface area (Å²) in [5, 5.41) is 4.13. The molecule has 1 aromatic carbocycles. The maximum Gasteiger partial charge on any atom is 0.243 e. The van der Waals surface area contributed by atoms with Crippen LogP contribution in [-0.2, 0) is 10.3 Å². The van der Waals surface area contributed by atoms with Gasteiger partial charge in [-0.3, -0.25) is 10.1 Å². The van der Waals surface area contributed by atoms with Gasteiger partial charge in [0.1, 0.15) is 5.54 Å². The average molecular weight is 301 g/mol. The second-order valence-corrected chi connectivity index (χ2v) is 5.62. The van der Waals surface area contributed by atoms with Gasteiger partial charge < -0.3 is 5.73 Å². The Kier molecular flexibility index (Phi) is 5.36. The normalized spacial score (nSPS) is 13.6. The highest BCUT2D eigenvalue weighted by Gasteiger charge is 2.37. The number of pyridine rings is 1. The lowest BCUT2D eigenvalue weighted by Gasteiger charge is -2.31. The smallest absolute Gasteiger partial charge is 0.243 e. The second kappa shape index (κ2) is 7.24. The summed E-state index contributed by atoms with van der Waals surface area (Å²) in [6.45, 7) is 2.62. The van der Waals surface area contributed by atoms with E-state index >= 15 is 0 Å². The van der Waals surface area contributed by atoms with Crippen molar-refractivity contribution in [3.8, 4) is 0 Å². The number of thioether (sulfide) groups is 1. The molecule has 0 saturated carbocycles. The first-order valence-corrected chi connectivity index (χ1v) is 7.82. The molecule has 1 unspecified atom stereocenters. The molecular weight excluding hydrogens is 282 g/mol. The van der Waals surface area contributed by atoms with E-state index in [1.165, 1.54) is 11.8 Å². The van der Waals surface area contributed by atoms with Crippen molar-refractivity contribution in [2.45, 2.75) is 17.5 Å². The van der Waals surface area contributed by atoms with E-state index in [1.54, 1.807) is 6.20 Å². The van der Waals surface area contributed by atoms with E-state index in [9.17, 15) is 4.79 Å². The van der Waals surface area contributed by atoms with Crippen molar-refractivity contribution in [2.24, 2.45) is 5.73 Å². The summed E-state index contributed by atoms with van der Waals surface area (Å²) in [6, 6.07) is 15.3. The van der Waals surface area contributed by atoms with Gasteiger partial charge in [-0.1, -0.05) is 43.3 Å². The maximum atomic E-state index is 12.2. The summed E-state index contributed by atoms with van der Waals surface area (Å²) in [6.07, 6.45) is 1.74. The van der Waals surface area contributed by atoms with Crippen LogP contribution in [0.5, 0.6) is 0 Å². The van der Waals surface area contributed by atoms with E-state index in [1.807, 2.05) is 55.5 Å². The Morgan fingerprint density at radius 2 is 1.95 bits per heavy atom. The number of hydrogen-bond acceptors (Lipinski definition) is 4. The van der Waals surface area contributed by atoms with Crippen molar-refractivity contribution in [3.63, 3.8) is 0 Å². The van der Waals surface area contributed by atoms with E-state index < -0.39 is 5.54 Å². The van der Waals surface area contributed by atoms with Crippen LogP contribution in [0.15, 0.2) is 59.8 Å². The molecule has 3 N–H and O–H groups in total. The number of primary amides is 1. The highest BCUT2D eigenvalue weighted by atomic mass is 32.2. The summed E-state index contributed by atoms with van der Waals surface area (Å²) in [7, 11) is 0. The Morgan fingerprint density at radius 1 is 1.24 bits per heavy atom. The molecule has 0 fully saturated rings. The lowest BCUT2D eigenvalue weighted by Crippen LogP contribution is -2.54. The van der Waals surface area contributed by atoms with Crippen LogP contribution in [0.4, 0.5) is 0 Å². The van der Waals surface area contributed by atoms with Crippen LogP contribution >= 0.6 is 11.8 Å². The van der Waals surface area contributed by atoms with Gasteiger partial charge in [-0.15, -0.1) is 11.8 Å². The molecule has 1 atom stereocenters. The Labute approximate surface area is 129 Å². The Morgan fingerprint density at radius 3 is 2.52 bits per heavy atom. The first-order chi connectivity index (χ1) is 10.2. The first-order valence-electron chi connectivity index (χ1n) is 6.83. The minimum Gasteiger partial charge on any atom is -0.368 e. The van der Waals surface area contributed by atoms with E-state index in [0.29, 0.717) is 12.3 Å². The summed E-state index contributed by atoms with van der Waals surface area (Å²) in [5.41, 5.74) is 5.71. The van der Waals surface area contributed by atoms with E-state index in [4.69, 9.17) is 5.73 Å². The fourth-order valence-electron chi connectivity index (χ4n) is 2.18. The number of likely N-dealkylation sites (N-methyl/N-ethyl adjacent to an activating group) is 1. The van der Waals surface area contributed by atoms with Crippen molar-refractivity contribution in [1.29, 1.82) is 0 Å². The van der Waals surface area contributed by atoms with Gasteiger partial charge >= 0.3 is 0 Å². The van der Waals surface area contributed by atoms with E-state index in [0.717, 1.165) is 10.6 Å². The lowest BCUT2D eigenvalue weighted by atomic mass is 9.91. The van der Waals surface area contributed by atoms with Crippen molar-refractivity contribution in [3.05, 3.63) is 60.3 Å². The standard InChI is InChI=1S/C16H19N3OS/c1-2-19-16(15(17)20,13-8-4-3-5-9-13)12-21-14-10-6-7-11-18-14/h3-11,19H,2,12H2,1H3,(H2,17,20). The molecule has 1 amide bonds. The number of amides is 1. The number of nitrogens with zero attached hydrogens (tertiary/aromatic N) is 1. The second-order valence-electron chi connectivity index (χ2n) is 4.62. The topological polar surface area (TPSA) is 68.0 Å². The van der Waals surface area contributed by atoms with Crippen LogP contribution < -0.4 is 11.1 Å². The van der Waals surface area contributed by atoms with Crippen molar-refractivity contribution in [2.75, 3.05) is 12.3 Å². The molecule has 1 heterocycles. The van der Waals surface area contributed by atoms with E-state index in [-0.39, 0.29) is 5.91 Å². The molecule has 2 aromatic rings. The molecule has 0 saturated heterocycles. The quantitative estimate of drug-likeness (QED) is 0.769. The minimum absolute atomic E-state index is 0.376. The van der Waals surface area contributed by atoms with Gasteiger partial charge in [0.15, 0.2) is 0 Å². The molecule has 0 spiro atoms. The number of carbonyl (C=O) groups is 1. The predicted octanol–water partition coefficient (Wildman–Crippen LogP) is 2.16. The average Bonchev–Trinajstić information content (AvgIpc) is 2.53. The fourth-order valence-corrected chi connectivity index (χ4v) is 3.26. The van der Waals surface area contributed by atoms with Crippen LogP contribution in [0.25, 0.3) is 0 Å². The lowest BCUT2D eigenvalue weighted by molar-refractivity contribution is -0.123. The molecule has 0 radical (unpaired) electrons. The summed E-state index contributed by atoms with van der Waals surface area (Å²) in [5.74, 6) is 0.121. The zero-order valence-corrected chi connectivity index (χ0v) is 12.8. The molecule has 21 heavy (non-hydrogen) atoms. The number of rotatable bonds is 7. The number of aromatic nitrogens is 1. The number of carbonyl (C=O) groups excluding carboxylic acids is 1. The maximum absolute atomic E-state index is 12.2. The SMILES string of the molecule is CCNC(CSc1ccccn1)(C(N)=O)c1ccccc1. The number of nitrogens with two attached hydrogens (primary N) is 1. The Balaban J connectivity index is 2.29. The molecule has 0 bridgehead atoms. The highest BCUT2D eigenvalue weighted by molar-refractivity contribution is 7.99. The van der Waals surface area contributed by atoms with Gasteiger partial charge in [-0.05, 0) is 24.2 Å². The predicted molar refractivity (Wildman–Crippen MR) is 86.0 cm³/mol. The molecule has 2 rings (SSSR count). The van der Waals surface area contributed by atoms with Gasteiger partial charge in [0.05, 0.1) is 5.03 Å². The zero-order chi connectivity index (χ0) is 15.1. The molecule has 0 aliphatic rings. The van der Waals surface area contributed by atoms with Crippen molar-refractivity contribution in [1.82, 2.24) is 10.3 Å². The summed E-state index contributed by atoms with van der Waals surface area (Å²) < 4.78 is 0. The van der Waals surface area contributed by atoms with Crippen LogP contribution in [0.1, 0.15) is 12.5 Å². The largest absolute Gasteiger partial charge is 0.368 e. The first kappa shape index (κ1) is 15.5. The van der Waals surface area contributed by atoms with Crippen LogP contribution in [0.3, 0.4) is 0 Å². The van der Waals surface area contributed by atoms with Crippen molar-refractivity contribution >= 4 is 17.7 Å². The number of nitrogens with one attached hydrogen (secondary N) is 1. The highest BCUT2D eigenvalue weighted by Crippen LogP contribution is 2.28. The zero-order valence-electron chi connectivity index (χ0n) is 12.0. The minimum atomic E-state index is -0.891. The molecule has 5 heteroatoms. The molecule has 1 aromatic heterocycles. The monoisotopic (exact) mass is 301 g/mol. The molecule has 110 valence electrons. The molecule has 4 nitrogen and oxygen atoms in total. The third-order valence-electron chi connectivity index (χ3n) is 3.24. The molecular formula is C16H19N3OS. The summed E-state index contributed by atoms with van der Waals surface area (Å²) in [4.78, 5) is 16.4. The Bertz CT molecular complexity index is 577. The molecule has 0 aliphatic carbocycles. The van der Waals surface area contributed by atoms with Gasteiger partial charge in [-0.2, -0.15) is 0 Å².